The Labute approximate surface area is 104 Å². The van der Waals surface area contributed by atoms with E-state index in [0.29, 0.717) is 13.1 Å². The van der Waals surface area contributed by atoms with E-state index < -0.39 is 5.97 Å². The van der Waals surface area contributed by atoms with E-state index in [1.165, 1.54) is 6.26 Å². The topological polar surface area (TPSA) is 75.9 Å². The summed E-state index contributed by atoms with van der Waals surface area (Å²) in [4.78, 5) is 30.3. The van der Waals surface area contributed by atoms with Crippen LogP contribution in [0.2, 0.25) is 0 Å². The van der Waals surface area contributed by atoms with Gasteiger partial charge in [0.1, 0.15) is 12.8 Å². The summed E-state index contributed by atoms with van der Waals surface area (Å²) >= 11 is 0. The molecule has 0 spiro atoms. The summed E-state index contributed by atoms with van der Waals surface area (Å²) < 4.78 is 10.0. The first-order valence-corrected chi connectivity index (χ1v) is 5.73. The van der Waals surface area contributed by atoms with Gasteiger partial charge < -0.3 is 19.0 Å². The molecule has 98 valence electrons. The maximum Gasteiger partial charge on any atom is 0.360 e. The molecule has 1 aliphatic rings. The average Bonchev–Trinajstić information content (AvgIpc) is 2.82. The van der Waals surface area contributed by atoms with Crippen molar-refractivity contribution in [1.82, 2.24) is 9.88 Å². The van der Waals surface area contributed by atoms with Gasteiger partial charge in [0, 0.05) is 20.1 Å². The number of nitrogens with zero attached hydrogens (tertiary/aromatic N) is 3. The van der Waals surface area contributed by atoms with Crippen LogP contribution in [0, 0.1) is 0 Å². The molecule has 2 rings (SSSR count). The molecule has 1 saturated heterocycles. The van der Waals surface area contributed by atoms with Crippen LogP contribution in [0.3, 0.4) is 0 Å². The number of hydrogen-bond acceptors (Lipinski definition) is 6. The second-order valence-electron chi connectivity index (χ2n) is 3.97. The van der Waals surface area contributed by atoms with Crippen molar-refractivity contribution in [1.29, 1.82) is 0 Å². The van der Waals surface area contributed by atoms with Crippen molar-refractivity contribution in [3.8, 4) is 0 Å². The molecule has 0 atom stereocenters. The Morgan fingerprint density at radius 1 is 1.56 bits per heavy atom. The summed E-state index contributed by atoms with van der Waals surface area (Å²) in [6.07, 6.45) is 1.25. The van der Waals surface area contributed by atoms with Gasteiger partial charge >= 0.3 is 5.97 Å². The van der Waals surface area contributed by atoms with Gasteiger partial charge in [-0.05, 0) is 6.92 Å². The third-order valence-electron chi connectivity index (χ3n) is 2.70. The lowest BCUT2D eigenvalue weighted by Gasteiger charge is -2.30. The van der Waals surface area contributed by atoms with E-state index in [4.69, 9.17) is 9.15 Å². The number of esters is 1. The van der Waals surface area contributed by atoms with Crippen LogP contribution in [0.15, 0.2) is 10.7 Å². The van der Waals surface area contributed by atoms with Crippen molar-refractivity contribution in [3.63, 3.8) is 0 Å². The van der Waals surface area contributed by atoms with E-state index in [1.807, 2.05) is 0 Å². The second kappa shape index (κ2) is 5.07. The highest BCUT2D eigenvalue weighted by Gasteiger charge is 2.25. The van der Waals surface area contributed by atoms with Crippen molar-refractivity contribution in [2.24, 2.45) is 0 Å². The van der Waals surface area contributed by atoms with Gasteiger partial charge in [-0.15, -0.1) is 0 Å². The molecule has 1 amide bonds. The van der Waals surface area contributed by atoms with E-state index in [0.717, 1.165) is 0 Å². The van der Waals surface area contributed by atoms with Gasteiger partial charge in [0.05, 0.1) is 6.61 Å². The number of amides is 1. The SMILES string of the molecule is CCOC(=O)c1coc(N2CCN(C)C(=O)C2)n1. The van der Waals surface area contributed by atoms with Gasteiger partial charge in [0.25, 0.3) is 6.01 Å². The zero-order valence-electron chi connectivity index (χ0n) is 10.4. The lowest BCUT2D eigenvalue weighted by molar-refractivity contribution is -0.129. The Bertz CT molecular complexity index is 457. The fraction of sp³-hybridized carbons (Fsp3) is 0.545. The van der Waals surface area contributed by atoms with Crippen LogP contribution < -0.4 is 4.90 Å². The van der Waals surface area contributed by atoms with Crippen molar-refractivity contribution < 1.29 is 18.7 Å². The average molecular weight is 253 g/mol. The molecule has 0 unspecified atom stereocenters. The summed E-state index contributed by atoms with van der Waals surface area (Å²) in [5, 5.41) is 0. The van der Waals surface area contributed by atoms with Gasteiger partial charge in [-0.25, -0.2) is 4.79 Å². The highest BCUT2D eigenvalue weighted by Crippen LogP contribution is 2.16. The van der Waals surface area contributed by atoms with E-state index >= 15 is 0 Å². The van der Waals surface area contributed by atoms with Gasteiger partial charge in [0.2, 0.25) is 5.91 Å². The monoisotopic (exact) mass is 253 g/mol. The van der Waals surface area contributed by atoms with Gasteiger partial charge in [-0.3, -0.25) is 4.79 Å². The molecule has 0 bridgehead atoms. The first-order valence-electron chi connectivity index (χ1n) is 5.73. The highest BCUT2D eigenvalue weighted by atomic mass is 16.5. The van der Waals surface area contributed by atoms with Crippen molar-refractivity contribution in [3.05, 3.63) is 12.0 Å². The van der Waals surface area contributed by atoms with Crippen molar-refractivity contribution in [2.75, 3.05) is 38.2 Å². The lowest BCUT2D eigenvalue weighted by Crippen LogP contribution is -2.48. The van der Waals surface area contributed by atoms with Crippen molar-refractivity contribution in [2.45, 2.75) is 6.92 Å². The maximum atomic E-state index is 11.5. The van der Waals surface area contributed by atoms with Gasteiger partial charge in [0.15, 0.2) is 5.69 Å². The molecule has 0 aliphatic carbocycles. The molecule has 0 N–H and O–H groups in total. The second-order valence-corrected chi connectivity index (χ2v) is 3.97. The zero-order valence-corrected chi connectivity index (χ0v) is 10.4. The molecule has 1 fully saturated rings. The van der Waals surface area contributed by atoms with Crippen LogP contribution in [0.1, 0.15) is 17.4 Å². The fourth-order valence-electron chi connectivity index (χ4n) is 1.63. The molecule has 0 aromatic carbocycles. The Balaban J connectivity index is 2.06. The number of likely N-dealkylation sites (N-methyl/N-ethyl adjacent to an activating group) is 1. The Hall–Kier alpha value is -2.05. The number of carbonyl (C=O) groups excluding carboxylic acids is 2. The standard InChI is InChI=1S/C11H15N3O4/c1-3-17-10(16)8-7-18-11(12-8)14-5-4-13(2)9(15)6-14/h7H,3-6H2,1-2H3. The summed E-state index contributed by atoms with van der Waals surface area (Å²) in [5.74, 6) is -0.523. The Morgan fingerprint density at radius 2 is 2.33 bits per heavy atom. The number of anilines is 1. The molecule has 7 heteroatoms. The summed E-state index contributed by atoms with van der Waals surface area (Å²) in [6.45, 7) is 3.45. The van der Waals surface area contributed by atoms with Crippen LogP contribution in [0.4, 0.5) is 6.01 Å². The van der Waals surface area contributed by atoms with Gasteiger partial charge in [-0.2, -0.15) is 4.98 Å². The normalized spacial score (nSPS) is 16.0. The molecule has 0 saturated carbocycles. The molecule has 18 heavy (non-hydrogen) atoms. The Morgan fingerprint density at radius 3 is 3.00 bits per heavy atom. The van der Waals surface area contributed by atoms with Crippen LogP contribution in [-0.4, -0.2) is 55.0 Å². The van der Waals surface area contributed by atoms with Crippen LogP contribution in [0.25, 0.3) is 0 Å². The number of oxazole rings is 1. The van der Waals surface area contributed by atoms with E-state index in [-0.39, 0.29) is 30.8 Å². The molecule has 1 aromatic heterocycles. The molecule has 1 aliphatic heterocycles. The number of hydrogen-bond donors (Lipinski definition) is 0. The maximum absolute atomic E-state index is 11.5. The van der Waals surface area contributed by atoms with Crippen LogP contribution in [-0.2, 0) is 9.53 Å². The number of carbonyl (C=O) groups is 2. The number of ether oxygens (including phenoxy) is 1. The highest BCUT2D eigenvalue weighted by molar-refractivity contribution is 5.87. The summed E-state index contributed by atoms with van der Waals surface area (Å²) in [7, 11) is 1.75. The molecule has 1 aromatic rings. The molecular formula is C11H15N3O4. The minimum atomic E-state index is -0.520. The third-order valence-corrected chi connectivity index (χ3v) is 2.70. The van der Waals surface area contributed by atoms with E-state index in [9.17, 15) is 9.59 Å². The van der Waals surface area contributed by atoms with E-state index in [2.05, 4.69) is 4.98 Å². The summed E-state index contributed by atoms with van der Waals surface area (Å²) in [5.41, 5.74) is 0.123. The van der Waals surface area contributed by atoms with Crippen LogP contribution >= 0.6 is 0 Å². The molecule has 0 radical (unpaired) electrons. The zero-order chi connectivity index (χ0) is 13.1. The largest absolute Gasteiger partial charge is 0.461 e. The lowest BCUT2D eigenvalue weighted by atomic mass is 10.3. The number of rotatable bonds is 3. The minimum absolute atomic E-state index is 0.00265. The Kier molecular flexibility index (Phi) is 3.50. The van der Waals surface area contributed by atoms with Crippen LogP contribution in [0.5, 0.6) is 0 Å². The molecular weight excluding hydrogens is 238 g/mol. The summed E-state index contributed by atoms with van der Waals surface area (Å²) in [6, 6.07) is 0.277. The smallest absolute Gasteiger partial charge is 0.360 e. The molecule has 2 heterocycles. The fourth-order valence-corrected chi connectivity index (χ4v) is 1.63. The van der Waals surface area contributed by atoms with E-state index in [1.54, 1.807) is 23.8 Å². The predicted molar refractivity (Wildman–Crippen MR) is 62.3 cm³/mol. The minimum Gasteiger partial charge on any atom is -0.461 e. The quantitative estimate of drug-likeness (QED) is 0.713. The number of aromatic nitrogens is 1. The first kappa shape index (κ1) is 12.4. The third kappa shape index (κ3) is 2.44. The van der Waals surface area contributed by atoms with Crippen molar-refractivity contribution >= 4 is 17.9 Å². The molecule has 7 nitrogen and oxygen atoms in total. The number of piperazine rings is 1. The predicted octanol–water partition coefficient (Wildman–Crippen LogP) is 0.130. The first-order chi connectivity index (χ1) is 8.61. The van der Waals surface area contributed by atoms with Gasteiger partial charge in [-0.1, -0.05) is 0 Å².